The Morgan fingerprint density at radius 3 is 2.62 bits per heavy atom. The summed E-state index contributed by atoms with van der Waals surface area (Å²) in [5.74, 6) is 1.61. The first-order valence-electron chi connectivity index (χ1n) is 14.4. The van der Waals surface area contributed by atoms with Gasteiger partial charge in [-0.1, -0.05) is 40.7 Å². The van der Waals surface area contributed by atoms with Crippen LogP contribution in [0.2, 0.25) is 0 Å². The van der Waals surface area contributed by atoms with Gasteiger partial charge in [-0.2, -0.15) is 0 Å². The molecule has 4 rings (SSSR count). The molecule has 1 N–H and O–H groups in total. The summed E-state index contributed by atoms with van der Waals surface area (Å²) < 4.78 is 13.6. The van der Waals surface area contributed by atoms with Gasteiger partial charge in [-0.05, 0) is 80.0 Å². The number of hydrogen-bond donors (Lipinski definition) is 1. The summed E-state index contributed by atoms with van der Waals surface area (Å²) in [6.07, 6.45) is 6.19. The molecule has 1 aliphatic heterocycles. The zero-order valence-corrected chi connectivity index (χ0v) is 24.5. The van der Waals surface area contributed by atoms with E-state index in [0.717, 1.165) is 74.3 Å². The number of ether oxygens (including phenoxy) is 2. The molecule has 1 atom stereocenters. The molecule has 0 amide bonds. The predicted molar refractivity (Wildman–Crippen MR) is 156 cm³/mol. The van der Waals surface area contributed by atoms with Crippen LogP contribution >= 0.6 is 0 Å². The quantitative estimate of drug-likeness (QED) is 0.308. The van der Waals surface area contributed by atoms with Crippen molar-refractivity contribution in [3.05, 3.63) is 51.9 Å². The maximum Gasteiger partial charge on any atom is 0.308 e. The van der Waals surface area contributed by atoms with Gasteiger partial charge in [-0.3, -0.25) is 9.59 Å². The van der Waals surface area contributed by atoms with Crippen molar-refractivity contribution in [1.82, 2.24) is 14.5 Å². The molecule has 3 aromatic rings. The first-order valence-corrected chi connectivity index (χ1v) is 14.4. The fourth-order valence-electron chi connectivity index (χ4n) is 5.30. The number of rotatable bonds is 10. The van der Waals surface area contributed by atoms with E-state index in [2.05, 4.69) is 62.4 Å². The smallest absolute Gasteiger partial charge is 0.308 e. The second kappa shape index (κ2) is 12.5. The number of pyridine rings is 1. The highest BCUT2D eigenvalue weighted by Gasteiger charge is 2.24. The molecule has 1 saturated heterocycles. The first kappa shape index (κ1) is 29.1. The van der Waals surface area contributed by atoms with E-state index in [1.807, 2.05) is 13.0 Å². The Morgan fingerprint density at radius 2 is 1.95 bits per heavy atom. The Hall–Kier alpha value is -2.93. The molecule has 39 heavy (non-hydrogen) atoms. The molecule has 212 valence electrons. The minimum atomic E-state index is -0.117. The molecule has 0 aliphatic carbocycles. The molecule has 7 nitrogen and oxygen atoms in total. The van der Waals surface area contributed by atoms with Crippen LogP contribution < -0.4 is 5.56 Å². The molecule has 0 unspecified atom stereocenters. The number of carbonyl (C=O) groups excluding carboxylic acids is 1. The molecule has 3 heterocycles. The van der Waals surface area contributed by atoms with Crippen LogP contribution in [0.5, 0.6) is 0 Å². The second-order valence-electron chi connectivity index (χ2n) is 12.9. The van der Waals surface area contributed by atoms with Crippen LogP contribution in [0.25, 0.3) is 22.4 Å². The molecule has 7 heteroatoms. The van der Waals surface area contributed by atoms with Gasteiger partial charge in [-0.25, -0.2) is 4.98 Å². The summed E-state index contributed by atoms with van der Waals surface area (Å²) in [7, 11) is 0. The van der Waals surface area contributed by atoms with Gasteiger partial charge in [0.2, 0.25) is 0 Å². The van der Waals surface area contributed by atoms with Crippen LogP contribution in [-0.4, -0.2) is 40.3 Å². The SMILES string of the molecule is Cc1cc(-c2nc3cc(CC[C@@H](CC(C)C)C(=O)OCC(C)(C)C)ccc3n2CC2CCOCC2)c[nH]c1=O. The lowest BCUT2D eigenvalue weighted by Crippen LogP contribution is -2.25. The van der Waals surface area contributed by atoms with E-state index in [1.54, 1.807) is 6.20 Å². The second-order valence-corrected chi connectivity index (χ2v) is 12.9. The number of fused-ring (bicyclic) bond motifs is 1. The normalized spacial score (nSPS) is 15.7. The fourth-order valence-corrected chi connectivity index (χ4v) is 5.30. The third kappa shape index (κ3) is 7.81. The molecule has 1 aliphatic rings. The molecule has 0 radical (unpaired) electrons. The molecule has 1 aromatic carbocycles. The van der Waals surface area contributed by atoms with Crippen molar-refractivity contribution in [1.29, 1.82) is 0 Å². The van der Waals surface area contributed by atoms with Crippen LogP contribution in [0.4, 0.5) is 0 Å². The van der Waals surface area contributed by atoms with Crippen molar-refractivity contribution < 1.29 is 14.3 Å². The van der Waals surface area contributed by atoms with E-state index in [9.17, 15) is 9.59 Å². The fraction of sp³-hybridized carbons (Fsp3) is 0.594. The van der Waals surface area contributed by atoms with Gasteiger partial charge in [0.25, 0.3) is 5.56 Å². The number of nitrogens with zero attached hydrogens (tertiary/aromatic N) is 2. The molecule has 1 fully saturated rings. The van der Waals surface area contributed by atoms with E-state index in [-0.39, 0.29) is 22.9 Å². The number of aromatic amines is 1. The first-order chi connectivity index (χ1) is 18.5. The van der Waals surface area contributed by atoms with Gasteiger partial charge < -0.3 is 19.0 Å². The van der Waals surface area contributed by atoms with Crippen molar-refractivity contribution in [2.45, 2.75) is 80.2 Å². The van der Waals surface area contributed by atoms with Crippen LogP contribution in [0.1, 0.15) is 71.4 Å². The Labute approximate surface area is 232 Å². The van der Waals surface area contributed by atoms with Gasteiger partial charge in [-0.15, -0.1) is 0 Å². The summed E-state index contributed by atoms with van der Waals surface area (Å²) in [6.45, 7) is 15.3. The number of esters is 1. The Kier molecular flexibility index (Phi) is 9.31. The number of nitrogens with one attached hydrogen (secondary N) is 1. The van der Waals surface area contributed by atoms with Crippen LogP contribution in [0.3, 0.4) is 0 Å². The van der Waals surface area contributed by atoms with Crippen molar-refractivity contribution in [2.75, 3.05) is 19.8 Å². The van der Waals surface area contributed by atoms with Gasteiger partial charge in [0.15, 0.2) is 0 Å². The molecule has 0 spiro atoms. The van der Waals surface area contributed by atoms with Gasteiger partial charge in [0.05, 0.1) is 23.6 Å². The highest BCUT2D eigenvalue weighted by Crippen LogP contribution is 2.30. The standard InChI is InChI=1S/C32H45N3O4/c1-21(2)15-25(31(37)39-20-32(4,5)6)9-7-23-8-10-28-27(17-23)34-29(26-16-22(3)30(36)33-18-26)35(28)19-24-11-13-38-14-12-24/h8,10,16-18,21,24-25H,7,9,11-15,19-20H2,1-6H3,(H,33,36)/t25-/m0/s1. The number of hydrogen-bond acceptors (Lipinski definition) is 5. The predicted octanol–water partition coefficient (Wildman–Crippen LogP) is 6.31. The summed E-state index contributed by atoms with van der Waals surface area (Å²) in [5.41, 5.74) is 4.66. The summed E-state index contributed by atoms with van der Waals surface area (Å²) in [5, 5.41) is 0. The van der Waals surface area contributed by atoms with Crippen molar-refractivity contribution in [3.63, 3.8) is 0 Å². The minimum Gasteiger partial charge on any atom is -0.465 e. The zero-order valence-electron chi connectivity index (χ0n) is 24.5. The number of H-pyrrole nitrogens is 1. The van der Waals surface area contributed by atoms with E-state index < -0.39 is 0 Å². The number of imidazole rings is 1. The summed E-state index contributed by atoms with van der Waals surface area (Å²) in [6, 6.07) is 8.40. The van der Waals surface area contributed by atoms with E-state index in [0.29, 0.717) is 24.0 Å². The minimum absolute atomic E-state index is 0.0471. The van der Waals surface area contributed by atoms with Crippen LogP contribution in [0, 0.1) is 30.1 Å². The highest BCUT2D eigenvalue weighted by molar-refractivity contribution is 5.81. The Balaban J connectivity index is 1.59. The maximum absolute atomic E-state index is 12.9. The van der Waals surface area contributed by atoms with Crippen molar-refractivity contribution in [2.24, 2.45) is 23.2 Å². The van der Waals surface area contributed by atoms with Gasteiger partial charge in [0, 0.05) is 37.1 Å². The molecule has 0 bridgehead atoms. The topological polar surface area (TPSA) is 86.2 Å². The lowest BCUT2D eigenvalue weighted by molar-refractivity contribution is -0.152. The molecular weight excluding hydrogens is 490 g/mol. The van der Waals surface area contributed by atoms with E-state index in [1.165, 1.54) is 5.56 Å². The van der Waals surface area contributed by atoms with Gasteiger partial charge in [0.1, 0.15) is 5.82 Å². The monoisotopic (exact) mass is 535 g/mol. The third-order valence-corrected chi connectivity index (χ3v) is 7.46. The molecule has 2 aromatic heterocycles. The van der Waals surface area contributed by atoms with Crippen molar-refractivity contribution in [3.8, 4) is 11.4 Å². The number of benzene rings is 1. The van der Waals surface area contributed by atoms with E-state index >= 15 is 0 Å². The largest absolute Gasteiger partial charge is 0.465 e. The van der Waals surface area contributed by atoms with Crippen LogP contribution in [-0.2, 0) is 27.2 Å². The average Bonchev–Trinajstić information content (AvgIpc) is 3.24. The lowest BCUT2D eigenvalue weighted by Gasteiger charge is -2.23. The number of aromatic nitrogens is 3. The van der Waals surface area contributed by atoms with Gasteiger partial charge >= 0.3 is 5.97 Å². The summed E-state index contributed by atoms with van der Waals surface area (Å²) in [4.78, 5) is 32.9. The highest BCUT2D eigenvalue weighted by atomic mass is 16.5. The molecular formula is C32H45N3O4. The van der Waals surface area contributed by atoms with E-state index in [4.69, 9.17) is 14.5 Å². The molecule has 0 saturated carbocycles. The third-order valence-electron chi connectivity index (χ3n) is 7.46. The van der Waals surface area contributed by atoms with Crippen LogP contribution in [0.15, 0.2) is 35.3 Å². The number of carbonyl (C=O) groups is 1. The number of aryl methyl sites for hydroxylation is 2. The maximum atomic E-state index is 12.9. The van der Waals surface area contributed by atoms with Crippen molar-refractivity contribution >= 4 is 17.0 Å². The Bertz CT molecular complexity index is 1330. The average molecular weight is 536 g/mol. The zero-order chi connectivity index (χ0) is 28.2. The Morgan fingerprint density at radius 1 is 1.21 bits per heavy atom. The lowest BCUT2D eigenvalue weighted by atomic mass is 9.91. The summed E-state index contributed by atoms with van der Waals surface area (Å²) >= 11 is 0.